The van der Waals surface area contributed by atoms with Gasteiger partial charge in [0.15, 0.2) is 0 Å². The van der Waals surface area contributed by atoms with E-state index >= 15 is 0 Å². The first-order chi connectivity index (χ1) is 29.6. The number of pyridine rings is 1. The Kier molecular flexibility index (Phi) is 14.2. The van der Waals surface area contributed by atoms with Gasteiger partial charge in [-0.3, -0.25) is 29.1 Å². The number of likely N-dealkylation sites (tertiary alicyclic amines) is 2. The molecule has 2 amide bonds. The molecule has 4 heterocycles. The highest BCUT2D eigenvalue weighted by atomic mass is 35.5. The van der Waals surface area contributed by atoms with Crippen LogP contribution >= 0.6 is 11.6 Å². The van der Waals surface area contributed by atoms with E-state index in [0.717, 1.165) is 95.6 Å². The van der Waals surface area contributed by atoms with Gasteiger partial charge in [-0.25, -0.2) is 0 Å². The number of nitriles is 1. The second-order valence-electron chi connectivity index (χ2n) is 15.8. The summed E-state index contributed by atoms with van der Waals surface area (Å²) in [6, 6.07) is 19.7. The van der Waals surface area contributed by atoms with Crippen molar-refractivity contribution >= 4 is 23.4 Å². The molecular formula is C46H52ClN9O5. The van der Waals surface area contributed by atoms with E-state index in [-0.39, 0.29) is 37.1 Å². The van der Waals surface area contributed by atoms with Crippen molar-refractivity contribution in [3.63, 3.8) is 0 Å². The SMILES string of the molecule is Cc1c(COc2cc(OCc3cncc(C#N)c3)c(CN3CCCC3CC(N)=O)cc2Cl)cccc1-c1cccc(OCCCn2cc(CN3CCCC3C(N)=O)nn2)c1C. The Labute approximate surface area is 361 Å². The van der Waals surface area contributed by atoms with Crippen molar-refractivity contribution in [1.82, 2.24) is 29.8 Å². The van der Waals surface area contributed by atoms with E-state index in [2.05, 4.69) is 57.1 Å². The van der Waals surface area contributed by atoms with Crippen molar-refractivity contribution in [2.75, 3.05) is 19.7 Å². The molecular weight excluding hydrogens is 794 g/mol. The Morgan fingerprint density at radius 2 is 1.64 bits per heavy atom. The molecule has 2 saturated heterocycles. The molecule has 2 aromatic heterocycles. The number of carbonyl (C=O) groups excluding carboxylic acids is 2. The minimum atomic E-state index is -0.322. The van der Waals surface area contributed by atoms with Crippen molar-refractivity contribution in [3.05, 3.63) is 117 Å². The summed E-state index contributed by atoms with van der Waals surface area (Å²) in [7, 11) is 0. The largest absolute Gasteiger partial charge is 0.493 e. The molecule has 2 aliphatic rings. The van der Waals surface area contributed by atoms with Crippen LogP contribution in [-0.4, -0.2) is 73.4 Å². The molecule has 2 aliphatic heterocycles. The number of carbonyl (C=O) groups is 2. The third kappa shape index (κ3) is 10.8. The van der Waals surface area contributed by atoms with Gasteiger partial charge in [-0.05, 0) is 98.6 Å². The fourth-order valence-corrected chi connectivity index (χ4v) is 8.58. The number of hydrogen-bond acceptors (Lipinski definition) is 11. The molecule has 7 rings (SSSR count). The predicted molar refractivity (Wildman–Crippen MR) is 230 cm³/mol. The van der Waals surface area contributed by atoms with E-state index in [9.17, 15) is 14.9 Å². The highest BCUT2D eigenvalue weighted by Gasteiger charge is 2.30. The van der Waals surface area contributed by atoms with Gasteiger partial charge in [-0.15, -0.1) is 5.10 Å². The molecule has 0 saturated carbocycles. The normalized spacial score (nSPS) is 16.7. The third-order valence-electron chi connectivity index (χ3n) is 11.6. The van der Waals surface area contributed by atoms with Crippen LogP contribution in [0.5, 0.6) is 17.2 Å². The molecule has 5 aromatic rings. The van der Waals surface area contributed by atoms with Gasteiger partial charge in [-0.2, -0.15) is 5.26 Å². The number of hydrogen-bond donors (Lipinski definition) is 2. The average molecular weight is 846 g/mol. The smallest absolute Gasteiger partial charge is 0.234 e. The first-order valence-corrected chi connectivity index (χ1v) is 21.1. The second-order valence-corrected chi connectivity index (χ2v) is 16.2. The number of halogens is 1. The van der Waals surface area contributed by atoms with Crippen LogP contribution in [0.1, 0.15) is 77.6 Å². The van der Waals surface area contributed by atoms with E-state index in [4.69, 9.17) is 37.3 Å². The van der Waals surface area contributed by atoms with Gasteiger partial charge in [0.1, 0.15) is 36.5 Å². The van der Waals surface area contributed by atoms with Crippen LogP contribution < -0.4 is 25.7 Å². The fourth-order valence-electron chi connectivity index (χ4n) is 8.34. The number of aryl methyl sites for hydroxylation is 1. The van der Waals surface area contributed by atoms with Crippen LogP contribution in [0.25, 0.3) is 11.1 Å². The average Bonchev–Trinajstić information content (AvgIpc) is 4.02. The number of nitrogens with two attached hydrogens (primary N) is 2. The van der Waals surface area contributed by atoms with Crippen molar-refractivity contribution in [2.24, 2.45) is 11.5 Å². The van der Waals surface area contributed by atoms with Crippen molar-refractivity contribution in [1.29, 1.82) is 5.26 Å². The number of ether oxygens (including phenoxy) is 3. The molecule has 3 aromatic carbocycles. The summed E-state index contributed by atoms with van der Waals surface area (Å²) in [5, 5.41) is 18.4. The van der Waals surface area contributed by atoms with Crippen molar-refractivity contribution < 1.29 is 23.8 Å². The maximum Gasteiger partial charge on any atom is 0.234 e. The molecule has 0 aliphatic carbocycles. The Balaban J connectivity index is 1.01. The Morgan fingerprint density at radius 3 is 2.44 bits per heavy atom. The third-order valence-corrected chi connectivity index (χ3v) is 11.9. The summed E-state index contributed by atoms with van der Waals surface area (Å²) in [5.74, 6) is 1.27. The summed E-state index contributed by atoms with van der Waals surface area (Å²) in [6.07, 6.45) is 9.74. The number of nitrogens with zero attached hydrogens (tertiary/aromatic N) is 7. The molecule has 14 nitrogen and oxygen atoms in total. The topological polar surface area (TPSA) is 188 Å². The Bertz CT molecular complexity index is 2400. The molecule has 0 spiro atoms. The summed E-state index contributed by atoms with van der Waals surface area (Å²) < 4.78 is 20.9. The van der Waals surface area contributed by atoms with E-state index in [1.54, 1.807) is 12.3 Å². The Morgan fingerprint density at radius 1 is 0.869 bits per heavy atom. The van der Waals surface area contributed by atoms with Crippen molar-refractivity contribution in [3.8, 4) is 34.4 Å². The van der Waals surface area contributed by atoms with Gasteiger partial charge in [0, 0.05) is 74.3 Å². The highest BCUT2D eigenvalue weighted by molar-refractivity contribution is 6.32. The van der Waals surface area contributed by atoms with Gasteiger partial charge in [-0.1, -0.05) is 47.1 Å². The molecule has 15 heteroatoms. The summed E-state index contributed by atoms with van der Waals surface area (Å²) in [4.78, 5) is 32.1. The minimum Gasteiger partial charge on any atom is -0.493 e. The molecule has 0 radical (unpaired) electrons. The zero-order valence-electron chi connectivity index (χ0n) is 34.7. The molecule has 318 valence electrons. The maximum absolute atomic E-state index is 11.8. The van der Waals surface area contributed by atoms with Crippen LogP contribution in [-0.2, 0) is 42.4 Å². The van der Waals surface area contributed by atoms with Gasteiger partial charge < -0.3 is 25.7 Å². The van der Waals surface area contributed by atoms with Crippen LogP contribution in [0.3, 0.4) is 0 Å². The van der Waals surface area contributed by atoms with Gasteiger partial charge >= 0.3 is 0 Å². The summed E-state index contributed by atoms with van der Waals surface area (Å²) >= 11 is 6.91. The van der Waals surface area contributed by atoms with Crippen LogP contribution in [0.15, 0.2) is 73.2 Å². The molecule has 4 N–H and O–H groups in total. The summed E-state index contributed by atoms with van der Waals surface area (Å²) in [6.45, 7) is 8.51. The van der Waals surface area contributed by atoms with E-state index in [0.29, 0.717) is 54.7 Å². The van der Waals surface area contributed by atoms with Crippen LogP contribution in [0.2, 0.25) is 5.02 Å². The fraction of sp³-hybridized carbons (Fsp3) is 0.391. The van der Waals surface area contributed by atoms with Crippen molar-refractivity contribution in [2.45, 2.75) is 97.3 Å². The standard InChI is InChI=1S/C46H52ClN9O5/c1-30-34(29-61-44-21-43(60-28-33-18-32(22-48)23-51-24-33)35(19-40(44)47)25-54-14-5-9-37(54)20-45(49)57)8-3-10-38(30)39-11-4-13-42(31(39)2)59-17-7-16-56-27-36(52-53-56)26-55-15-6-12-41(55)46(50)58/h3-4,8,10-11,13,18-19,21,23-24,27,37,41H,5-7,9,12,14-17,20,25-26,28-29H2,1-2H3,(H2,49,57)(H2,50,58). The zero-order valence-corrected chi connectivity index (χ0v) is 35.4. The van der Waals surface area contributed by atoms with E-state index < -0.39 is 0 Å². The predicted octanol–water partition coefficient (Wildman–Crippen LogP) is 6.40. The van der Waals surface area contributed by atoms with Gasteiger partial charge in [0.2, 0.25) is 11.8 Å². The molecule has 2 fully saturated rings. The second kappa shape index (κ2) is 20.0. The molecule has 2 atom stereocenters. The quantitative estimate of drug-likeness (QED) is 0.0876. The number of amides is 2. The summed E-state index contributed by atoms with van der Waals surface area (Å²) in [5.41, 5.74) is 19.3. The van der Waals surface area contributed by atoms with E-state index in [1.807, 2.05) is 47.3 Å². The van der Waals surface area contributed by atoms with Crippen LogP contribution in [0, 0.1) is 25.2 Å². The molecule has 0 bridgehead atoms. The maximum atomic E-state index is 11.8. The lowest BCUT2D eigenvalue weighted by Crippen LogP contribution is -2.39. The van der Waals surface area contributed by atoms with E-state index in [1.165, 1.54) is 6.20 Å². The lowest BCUT2D eigenvalue weighted by atomic mass is 9.93. The number of aromatic nitrogens is 4. The Hall–Kier alpha value is -6.01. The lowest BCUT2D eigenvalue weighted by molar-refractivity contribution is -0.122. The highest BCUT2D eigenvalue weighted by Crippen LogP contribution is 2.38. The number of rotatable bonds is 19. The lowest BCUT2D eigenvalue weighted by Gasteiger charge is -2.25. The van der Waals surface area contributed by atoms with Gasteiger partial charge in [0.25, 0.3) is 0 Å². The minimum absolute atomic E-state index is 0.0496. The molecule has 61 heavy (non-hydrogen) atoms. The monoisotopic (exact) mass is 845 g/mol. The first kappa shape index (κ1) is 43.1. The van der Waals surface area contributed by atoms with Crippen LogP contribution in [0.4, 0.5) is 0 Å². The van der Waals surface area contributed by atoms with Gasteiger partial charge in [0.05, 0.1) is 28.9 Å². The molecule has 2 unspecified atom stereocenters. The zero-order chi connectivity index (χ0) is 42.9. The number of benzene rings is 3. The number of primary amides is 2. The first-order valence-electron chi connectivity index (χ1n) is 20.7.